The molecule has 3 N–H and O–H groups in total. The van der Waals surface area contributed by atoms with Gasteiger partial charge in [0.15, 0.2) is 0 Å². The largest absolute Gasteiger partial charge is 0.347 e. The Balaban J connectivity index is 2.09. The average molecular weight is 375 g/mol. The number of rotatable bonds is 5. The van der Waals surface area contributed by atoms with Crippen LogP contribution in [-0.4, -0.2) is 5.91 Å². The second-order valence-corrected chi connectivity index (χ2v) is 7.26. The normalized spacial score (nSPS) is 14.1. The van der Waals surface area contributed by atoms with Gasteiger partial charge in [-0.25, -0.2) is 0 Å². The Labute approximate surface area is 146 Å². The average Bonchev–Trinajstić information content (AvgIpc) is 2.54. The summed E-state index contributed by atoms with van der Waals surface area (Å²) in [5.74, 6) is -0.360. The quantitative estimate of drug-likeness (QED) is 0.826. The molecule has 0 aliphatic rings. The van der Waals surface area contributed by atoms with Crippen molar-refractivity contribution in [2.45, 2.75) is 32.4 Å². The summed E-state index contributed by atoms with van der Waals surface area (Å²) < 4.78 is 1.02. The molecule has 122 valence electrons. The Hall–Kier alpha value is -1.65. The van der Waals surface area contributed by atoms with Crippen LogP contribution in [0.5, 0.6) is 0 Å². The predicted molar refractivity (Wildman–Crippen MR) is 97.8 cm³/mol. The van der Waals surface area contributed by atoms with Gasteiger partial charge in [0.1, 0.15) is 0 Å². The van der Waals surface area contributed by atoms with E-state index < -0.39 is 5.54 Å². The molecule has 0 fully saturated rings. The highest BCUT2D eigenvalue weighted by Gasteiger charge is 2.28. The Kier molecular flexibility index (Phi) is 5.60. The SMILES string of the molecule is CC(C(=O)NC(C)(C)c1ccc(Br)cc1)C(N)c1ccccc1. The molecular weight excluding hydrogens is 352 g/mol. The molecule has 0 aliphatic carbocycles. The highest BCUT2D eigenvalue weighted by Crippen LogP contribution is 2.25. The van der Waals surface area contributed by atoms with Gasteiger partial charge in [0, 0.05) is 10.5 Å². The Morgan fingerprint density at radius 2 is 1.65 bits per heavy atom. The van der Waals surface area contributed by atoms with E-state index in [-0.39, 0.29) is 17.9 Å². The van der Waals surface area contributed by atoms with Crippen molar-refractivity contribution < 1.29 is 4.79 Å². The molecular formula is C19H23BrN2O. The van der Waals surface area contributed by atoms with E-state index in [4.69, 9.17) is 5.73 Å². The molecule has 0 radical (unpaired) electrons. The first-order chi connectivity index (χ1) is 10.8. The van der Waals surface area contributed by atoms with Crippen molar-refractivity contribution in [3.05, 3.63) is 70.2 Å². The Morgan fingerprint density at radius 3 is 2.22 bits per heavy atom. The van der Waals surface area contributed by atoms with Crippen LogP contribution in [0.4, 0.5) is 0 Å². The topological polar surface area (TPSA) is 55.1 Å². The van der Waals surface area contributed by atoms with Crippen molar-refractivity contribution in [3.8, 4) is 0 Å². The summed E-state index contributed by atoms with van der Waals surface area (Å²) in [6.45, 7) is 5.86. The zero-order valence-electron chi connectivity index (χ0n) is 13.7. The first-order valence-electron chi connectivity index (χ1n) is 7.70. The number of halogens is 1. The number of amides is 1. The lowest BCUT2D eigenvalue weighted by atomic mass is 9.90. The number of carbonyl (C=O) groups excluding carboxylic acids is 1. The van der Waals surface area contributed by atoms with Crippen LogP contribution in [-0.2, 0) is 10.3 Å². The van der Waals surface area contributed by atoms with Crippen molar-refractivity contribution in [1.82, 2.24) is 5.32 Å². The van der Waals surface area contributed by atoms with Crippen molar-refractivity contribution >= 4 is 21.8 Å². The molecule has 1 amide bonds. The minimum Gasteiger partial charge on any atom is -0.347 e. The maximum atomic E-state index is 12.6. The van der Waals surface area contributed by atoms with Gasteiger partial charge in [-0.05, 0) is 37.1 Å². The van der Waals surface area contributed by atoms with E-state index in [0.29, 0.717) is 0 Å². The fourth-order valence-corrected chi connectivity index (χ4v) is 2.75. The van der Waals surface area contributed by atoms with Crippen LogP contribution in [0.2, 0.25) is 0 Å². The van der Waals surface area contributed by atoms with Gasteiger partial charge in [0.25, 0.3) is 0 Å². The molecule has 23 heavy (non-hydrogen) atoms. The third kappa shape index (κ3) is 4.43. The molecule has 2 atom stereocenters. The van der Waals surface area contributed by atoms with Gasteiger partial charge in [-0.1, -0.05) is 65.3 Å². The zero-order valence-corrected chi connectivity index (χ0v) is 15.3. The summed E-state index contributed by atoms with van der Waals surface area (Å²) in [4.78, 5) is 12.6. The van der Waals surface area contributed by atoms with Crippen LogP contribution in [0, 0.1) is 5.92 Å². The van der Waals surface area contributed by atoms with Gasteiger partial charge < -0.3 is 11.1 Å². The standard InChI is InChI=1S/C19H23BrN2O/c1-13(17(21)14-7-5-4-6-8-14)18(23)22-19(2,3)15-9-11-16(20)12-10-15/h4-13,17H,21H2,1-3H3,(H,22,23). The minimum absolute atomic E-state index is 0.0470. The lowest BCUT2D eigenvalue weighted by molar-refractivity contribution is -0.126. The third-order valence-electron chi connectivity index (χ3n) is 4.14. The van der Waals surface area contributed by atoms with Crippen LogP contribution in [0.25, 0.3) is 0 Å². The van der Waals surface area contributed by atoms with E-state index in [9.17, 15) is 4.79 Å². The molecule has 0 saturated heterocycles. The zero-order chi connectivity index (χ0) is 17.0. The summed E-state index contributed by atoms with van der Waals surface area (Å²) in [5, 5.41) is 3.11. The molecule has 0 spiro atoms. The van der Waals surface area contributed by atoms with Gasteiger partial charge in [-0.15, -0.1) is 0 Å². The number of nitrogens with one attached hydrogen (secondary N) is 1. The number of nitrogens with two attached hydrogens (primary N) is 1. The number of hydrogen-bond donors (Lipinski definition) is 2. The monoisotopic (exact) mass is 374 g/mol. The first-order valence-corrected chi connectivity index (χ1v) is 8.49. The molecule has 2 aromatic rings. The fraction of sp³-hybridized carbons (Fsp3) is 0.316. The second-order valence-electron chi connectivity index (χ2n) is 6.35. The first kappa shape index (κ1) is 17.7. The molecule has 0 heterocycles. The van der Waals surface area contributed by atoms with Crippen molar-refractivity contribution in [2.24, 2.45) is 11.7 Å². The van der Waals surface area contributed by atoms with Crippen LogP contribution < -0.4 is 11.1 Å². The van der Waals surface area contributed by atoms with Crippen LogP contribution >= 0.6 is 15.9 Å². The molecule has 2 aromatic carbocycles. The van der Waals surface area contributed by atoms with Crippen LogP contribution in [0.3, 0.4) is 0 Å². The van der Waals surface area contributed by atoms with E-state index in [1.807, 2.05) is 75.4 Å². The van der Waals surface area contributed by atoms with Gasteiger partial charge in [0.05, 0.1) is 11.5 Å². The van der Waals surface area contributed by atoms with Gasteiger partial charge in [0.2, 0.25) is 5.91 Å². The van der Waals surface area contributed by atoms with E-state index in [2.05, 4.69) is 21.2 Å². The summed E-state index contributed by atoms with van der Waals surface area (Å²) in [5.41, 5.74) is 7.81. The predicted octanol–water partition coefficient (Wildman–Crippen LogP) is 4.14. The van der Waals surface area contributed by atoms with Gasteiger partial charge >= 0.3 is 0 Å². The van der Waals surface area contributed by atoms with Crippen molar-refractivity contribution in [1.29, 1.82) is 0 Å². The van der Waals surface area contributed by atoms with E-state index >= 15 is 0 Å². The molecule has 4 heteroatoms. The molecule has 3 nitrogen and oxygen atoms in total. The smallest absolute Gasteiger partial charge is 0.225 e. The minimum atomic E-state index is -0.456. The summed E-state index contributed by atoms with van der Waals surface area (Å²) >= 11 is 3.43. The highest BCUT2D eigenvalue weighted by atomic mass is 79.9. The summed E-state index contributed by atoms with van der Waals surface area (Å²) in [6.07, 6.45) is 0. The molecule has 0 bridgehead atoms. The van der Waals surface area contributed by atoms with Crippen LogP contribution in [0.15, 0.2) is 59.1 Å². The summed E-state index contributed by atoms with van der Waals surface area (Å²) in [7, 11) is 0. The summed E-state index contributed by atoms with van der Waals surface area (Å²) in [6, 6.07) is 17.4. The van der Waals surface area contributed by atoms with Gasteiger partial charge in [-0.2, -0.15) is 0 Å². The maximum Gasteiger partial charge on any atom is 0.225 e. The Bertz CT molecular complexity index is 653. The fourth-order valence-electron chi connectivity index (χ4n) is 2.49. The van der Waals surface area contributed by atoms with Crippen molar-refractivity contribution in [2.75, 3.05) is 0 Å². The lowest BCUT2D eigenvalue weighted by Crippen LogP contribution is -2.45. The highest BCUT2D eigenvalue weighted by molar-refractivity contribution is 9.10. The van der Waals surface area contributed by atoms with E-state index in [1.54, 1.807) is 0 Å². The molecule has 2 unspecified atom stereocenters. The maximum absolute atomic E-state index is 12.6. The molecule has 0 aromatic heterocycles. The van der Waals surface area contributed by atoms with E-state index in [0.717, 1.165) is 15.6 Å². The van der Waals surface area contributed by atoms with E-state index in [1.165, 1.54) is 0 Å². The Morgan fingerprint density at radius 1 is 1.09 bits per heavy atom. The van der Waals surface area contributed by atoms with Gasteiger partial charge in [-0.3, -0.25) is 4.79 Å². The molecule has 0 aliphatic heterocycles. The number of benzene rings is 2. The molecule has 2 rings (SSSR count). The third-order valence-corrected chi connectivity index (χ3v) is 4.67. The second kappa shape index (κ2) is 7.28. The van der Waals surface area contributed by atoms with Crippen molar-refractivity contribution in [3.63, 3.8) is 0 Å². The van der Waals surface area contributed by atoms with Crippen LogP contribution in [0.1, 0.15) is 37.9 Å². The molecule has 0 saturated carbocycles. The lowest BCUT2D eigenvalue weighted by Gasteiger charge is -2.30. The number of carbonyl (C=O) groups is 1. The number of hydrogen-bond acceptors (Lipinski definition) is 2.